The van der Waals surface area contributed by atoms with Crippen LogP contribution in [0.15, 0.2) is 30.6 Å². The average Bonchev–Trinajstić information content (AvgIpc) is 2.82. The van der Waals surface area contributed by atoms with E-state index in [-0.39, 0.29) is 18.6 Å². The zero-order chi connectivity index (χ0) is 13.0. The number of aliphatic hydroxyl groups is 1. The van der Waals surface area contributed by atoms with Gasteiger partial charge >= 0.3 is 0 Å². The van der Waals surface area contributed by atoms with Crippen molar-refractivity contribution >= 4 is 11.6 Å². The smallest absolute Gasteiger partial charge is 0.271 e. The lowest BCUT2D eigenvalue weighted by Crippen LogP contribution is -2.35. The van der Waals surface area contributed by atoms with Gasteiger partial charge in [0.05, 0.1) is 0 Å². The highest BCUT2D eigenvalue weighted by molar-refractivity contribution is 5.93. The molecule has 2 N–H and O–H groups in total. The first-order chi connectivity index (χ1) is 8.74. The number of carbonyl (C=O) groups excluding carboxylic acids is 1. The second-order valence-corrected chi connectivity index (χ2v) is 4.18. The van der Waals surface area contributed by atoms with E-state index in [1.807, 2.05) is 35.7 Å². The topological polar surface area (TPSA) is 66.6 Å². The predicted octanol–water partition coefficient (Wildman–Crippen LogP) is 1.23. The van der Waals surface area contributed by atoms with Crippen molar-refractivity contribution in [2.45, 2.75) is 25.8 Å². The Labute approximate surface area is 105 Å². The molecule has 2 rings (SSSR count). The summed E-state index contributed by atoms with van der Waals surface area (Å²) in [7, 11) is 0. The maximum atomic E-state index is 12.0. The van der Waals surface area contributed by atoms with Gasteiger partial charge in [0.2, 0.25) is 0 Å². The number of carbonyl (C=O) groups is 1. The Morgan fingerprint density at radius 1 is 1.56 bits per heavy atom. The van der Waals surface area contributed by atoms with Crippen LogP contribution in [0, 0.1) is 0 Å². The Hall–Kier alpha value is -1.88. The van der Waals surface area contributed by atoms with Crippen molar-refractivity contribution in [1.29, 1.82) is 0 Å². The lowest BCUT2D eigenvalue weighted by atomic mass is 10.1. The number of aliphatic hydroxyl groups excluding tert-OH is 1. The zero-order valence-corrected chi connectivity index (χ0v) is 10.3. The molecule has 0 aliphatic rings. The highest BCUT2D eigenvalue weighted by Gasteiger charge is 2.14. The van der Waals surface area contributed by atoms with Gasteiger partial charge in [-0.3, -0.25) is 4.79 Å². The van der Waals surface area contributed by atoms with Gasteiger partial charge in [-0.1, -0.05) is 13.0 Å². The first-order valence-corrected chi connectivity index (χ1v) is 6.10. The van der Waals surface area contributed by atoms with E-state index in [0.717, 1.165) is 12.1 Å². The van der Waals surface area contributed by atoms with Crippen LogP contribution in [0.3, 0.4) is 0 Å². The molecule has 5 heteroatoms. The zero-order valence-electron chi connectivity index (χ0n) is 10.3. The van der Waals surface area contributed by atoms with Gasteiger partial charge in [0.1, 0.15) is 11.3 Å². The highest BCUT2D eigenvalue weighted by atomic mass is 16.3. The number of imidazole rings is 1. The molecule has 18 heavy (non-hydrogen) atoms. The second kappa shape index (κ2) is 5.64. The molecule has 0 aromatic carbocycles. The van der Waals surface area contributed by atoms with Gasteiger partial charge in [-0.25, -0.2) is 4.98 Å². The minimum absolute atomic E-state index is 0.00712. The summed E-state index contributed by atoms with van der Waals surface area (Å²) in [5, 5.41) is 11.8. The van der Waals surface area contributed by atoms with E-state index in [9.17, 15) is 4.79 Å². The average molecular weight is 247 g/mol. The molecule has 0 fully saturated rings. The molecule has 1 amide bonds. The summed E-state index contributed by atoms with van der Waals surface area (Å²) in [6, 6.07) is 5.61. The van der Waals surface area contributed by atoms with Gasteiger partial charge in [-0.05, 0) is 25.0 Å². The van der Waals surface area contributed by atoms with Crippen LogP contribution >= 0.6 is 0 Å². The summed E-state index contributed by atoms with van der Waals surface area (Å²) in [5.41, 5.74) is 1.15. The van der Waals surface area contributed by atoms with Crippen LogP contribution in [0.2, 0.25) is 0 Å². The highest BCUT2D eigenvalue weighted by Crippen LogP contribution is 2.05. The largest absolute Gasteiger partial charge is 0.396 e. The van der Waals surface area contributed by atoms with Crippen molar-refractivity contribution in [3.05, 3.63) is 36.3 Å². The van der Waals surface area contributed by atoms with Gasteiger partial charge in [0.15, 0.2) is 0 Å². The standard InChI is InChI=1S/C13H17N3O2/c1-2-10(6-8-17)14-13(18)11-9-16-7-4-3-5-12(16)15-11/h3-5,7,9-10,17H,2,6,8H2,1H3,(H,14,18). The first kappa shape index (κ1) is 12.6. The van der Waals surface area contributed by atoms with Gasteiger partial charge in [0.25, 0.3) is 5.91 Å². The first-order valence-electron chi connectivity index (χ1n) is 6.10. The van der Waals surface area contributed by atoms with Gasteiger partial charge < -0.3 is 14.8 Å². The normalized spacial score (nSPS) is 12.6. The lowest BCUT2D eigenvalue weighted by Gasteiger charge is -2.14. The van der Waals surface area contributed by atoms with Crippen molar-refractivity contribution in [3.63, 3.8) is 0 Å². The molecule has 0 radical (unpaired) electrons. The van der Waals surface area contributed by atoms with Crippen LogP contribution in [0.25, 0.3) is 5.65 Å². The SMILES string of the molecule is CCC(CCO)NC(=O)c1cn2ccccc2n1. The molecule has 1 atom stereocenters. The number of hydrogen-bond donors (Lipinski definition) is 2. The van der Waals surface area contributed by atoms with E-state index in [4.69, 9.17) is 5.11 Å². The summed E-state index contributed by atoms with van der Waals surface area (Å²) in [6.45, 7) is 2.05. The van der Waals surface area contributed by atoms with Crippen LogP contribution < -0.4 is 5.32 Å². The summed E-state index contributed by atoms with van der Waals surface area (Å²) >= 11 is 0. The molecule has 1 unspecified atom stereocenters. The van der Waals surface area contributed by atoms with Gasteiger partial charge in [0, 0.05) is 25.0 Å². The fourth-order valence-electron chi connectivity index (χ4n) is 1.84. The molecule has 2 aromatic rings. The number of aromatic nitrogens is 2. The van der Waals surface area contributed by atoms with Crippen LogP contribution in [0.1, 0.15) is 30.3 Å². The van der Waals surface area contributed by atoms with Crippen LogP contribution in [-0.2, 0) is 0 Å². The third-order valence-corrected chi connectivity index (χ3v) is 2.90. The molecule has 0 saturated heterocycles. The van der Waals surface area contributed by atoms with Crippen LogP contribution in [0.5, 0.6) is 0 Å². The maximum Gasteiger partial charge on any atom is 0.271 e. The number of fused-ring (bicyclic) bond motifs is 1. The molecular weight excluding hydrogens is 230 g/mol. The van der Waals surface area contributed by atoms with Gasteiger partial charge in [-0.2, -0.15) is 0 Å². The molecule has 0 aliphatic carbocycles. The third kappa shape index (κ3) is 2.68. The molecule has 96 valence electrons. The van der Waals surface area contributed by atoms with Crippen molar-refractivity contribution < 1.29 is 9.90 Å². The van der Waals surface area contributed by atoms with E-state index in [2.05, 4.69) is 10.3 Å². The van der Waals surface area contributed by atoms with Gasteiger partial charge in [-0.15, -0.1) is 0 Å². The second-order valence-electron chi connectivity index (χ2n) is 4.18. The monoisotopic (exact) mass is 247 g/mol. The molecule has 2 heterocycles. The summed E-state index contributed by atoms with van der Waals surface area (Å²) in [4.78, 5) is 16.2. The summed E-state index contributed by atoms with van der Waals surface area (Å²) < 4.78 is 1.81. The molecule has 2 aromatic heterocycles. The minimum atomic E-state index is -0.195. The fourth-order valence-corrected chi connectivity index (χ4v) is 1.84. The van der Waals surface area contributed by atoms with Crippen molar-refractivity contribution in [2.75, 3.05) is 6.61 Å². The maximum absolute atomic E-state index is 12.0. The Kier molecular flexibility index (Phi) is 3.94. The Morgan fingerprint density at radius 3 is 3.06 bits per heavy atom. The molecule has 5 nitrogen and oxygen atoms in total. The Morgan fingerprint density at radius 2 is 2.39 bits per heavy atom. The van der Waals surface area contributed by atoms with E-state index < -0.39 is 0 Å². The van der Waals surface area contributed by atoms with E-state index in [1.165, 1.54) is 0 Å². The lowest BCUT2D eigenvalue weighted by molar-refractivity contribution is 0.0924. The molecule has 0 bridgehead atoms. The number of amides is 1. The van der Waals surface area contributed by atoms with E-state index in [0.29, 0.717) is 12.1 Å². The van der Waals surface area contributed by atoms with Crippen LogP contribution in [0.4, 0.5) is 0 Å². The molecular formula is C13H17N3O2. The summed E-state index contributed by atoms with van der Waals surface area (Å²) in [5.74, 6) is -0.195. The number of nitrogens with one attached hydrogen (secondary N) is 1. The number of nitrogens with zero attached hydrogens (tertiary/aromatic N) is 2. The number of rotatable bonds is 5. The van der Waals surface area contributed by atoms with E-state index >= 15 is 0 Å². The minimum Gasteiger partial charge on any atom is -0.396 e. The number of hydrogen-bond acceptors (Lipinski definition) is 3. The molecule has 0 spiro atoms. The Bertz CT molecular complexity index is 503. The summed E-state index contributed by atoms with van der Waals surface area (Å²) in [6.07, 6.45) is 4.91. The fraction of sp³-hybridized carbons (Fsp3) is 0.385. The van der Waals surface area contributed by atoms with Crippen molar-refractivity contribution in [1.82, 2.24) is 14.7 Å². The molecule has 0 aliphatic heterocycles. The van der Waals surface area contributed by atoms with Crippen molar-refractivity contribution in [3.8, 4) is 0 Å². The van der Waals surface area contributed by atoms with E-state index in [1.54, 1.807) is 6.20 Å². The van der Waals surface area contributed by atoms with Crippen molar-refractivity contribution in [2.24, 2.45) is 0 Å². The Balaban J connectivity index is 2.13. The quantitative estimate of drug-likeness (QED) is 0.835. The number of pyridine rings is 1. The van der Waals surface area contributed by atoms with Crippen LogP contribution in [-0.4, -0.2) is 33.0 Å². The third-order valence-electron chi connectivity index (χ3n) is 2.90. The predicted molar refractivity (Wildman–Crippen MR) is 68.4 cm³/mol. The molecule has 0 saturated carbocycles.